The fourth-order valence-electron chi connectivity index (χ4n) is 1.92. The van der Waals surface area contributed by atoms with Crippen LogP contribution in [0.2, 0.25) is 0 Å². The first-order chi connectivity index (χ1) is 7.25. The molecule has 2 atom stereocenters. The molecule has 1 saturated heterocycles. The Labute approximate surface area is 90.0 Å². The third-order valence-corrected chi connectivity index (χ3v) is 2.81. The number of hydrogen-bond donors (Lipinski definition) is 1. The van der Waals surface area contributed by atoms with Crippen LogP contribution < -0.4 is 0 Å². The second-order valence-electron chi connectivity index (χ2n) is 3.82. The number of carbonyl (C=O) groups excluding carboxylic acids is 1. The van der Waals surface area contributed by atoms with E-state index in [1.165, 1.54) is 6.92 Å². The molecule has 1 N–H and O–H groups in total. The van der Waals surface area contributed by atoms with Gasteiger partial charge >= 0.3 is 18.1 Å². The second-order valence-corrected chi connectivity index (χ2v) is 3.82. The number of alkyl halides is 3. The van der Waals surface area contributed by atoms with Gasteiger partial charge < -0.3 is 10.0 Å². The highest BCUT2D eigenvalue weighted by Gasteiger charge is 2.47. The highest BCUT2D eigenvalue weighted by Crippen LogP contribution is 2.28. The van der Waals surface area contributed by atoms with Crippen molar-refractivity contribution in [3.8, 4) is 0 Å². The van der Waals surface area contributed by atoms with E-state index in [1.807, 2.05) is 0 Å². The van der Waals surface area contributed by atoms with Crippen LogP contribution in [0.1, 0.15) is 19.8 Å². The van der Waals surface area contributed by atoms with Crippen LogP contribution in [0, 0.1) is 5.92 Å². The summed E-state index contributed by atoms with van der Waals surface area (Å²) in [5, 5.41) is 8.79. The highest BCUT2D eigenvalue weighted by atomic mass is 19.4. The van der Waals surface area contributed by atoms with Crippen LogP contribution in [-0.2, 0) is 9.59 Å². The van der Waals surface area contributed by atoms with Crippen LogP contribution in [0.5, 0.6) is 0 Å². The lowest BCUT2D eigenvalue weighted by molar-refractivity contribution is -0.190. The molecule has 0 aromatic carbocycles. The Morgan fingerprint density at radius 2 is 1.94 bits per heavy atom. The van der Waals surface area contributed by atoms with Crippen molar-refractivity contribution < 1.29 is 27.9 Å². The maximum absolute atomic E-state index is 12.2. The van der Waals surface area contributed by atoms with E-state index < -0.39 is 30.0 Å². The number of carboxylic acids is 1. The number of carboxylic acid groups (broad SMARTS) is 1. The summed E-state index contributed by atoms with van der Waals surface area (Å²) in [5.74, 6) is -4.03. The third-order valence-electron chi connectivity index (χ3n) is 2.81. The summed E-state index contributed by atoms with van der Waals surface area (Å²) in [6, 6.07) is -0.916. The summed E-state index contributed by atoms with van der Waals surface area (Å²) in [6.45, 7) is 1.30. The minimum atomic E-state index is -4.94. The van der Waals surface area contributed by atoms with Crippen LogP contribution in [0.3, 0.4) is 0 Å². The molecule has 16 heavy (non-hydrogen) atoms. The molecular formula is C9H12F3NO3. The van der Waals surface area contributed by atoms with Crippen LogP contribution >= 0.6 is 0 Å². The van der Waals surface area contributed by atoms with Gasteiger partial charge in [-0.15, -0.1) is 0 Å². The fraction of sp³-hybridized carbons (Fsp3) is 0.778. The molecule has 1 rings (SSSR count). The van der Waals surface area contributed by atoms with Crippen molar-refractivity contribution in [2.75, 3.05) is 6.54 Å². The van der Waals surface area contributed by atoms with Crippen LogP contribution in [0.4, 0.5) is 13.2 Å². The Morgan fingerprint density at radius 3 is 2.38 bits per heavy atom. The van der Waals surface area contributed by atoms with Gasteiger partial charge in [-0.2, -0.15) is 13.2 Å². The van der Waals surface area contributed by atoms with Gasteiger partial charge in [-0.3, -0.25) is 9.59 Å². The van der Waals surface area contributed by atoms with Crippen molar-refractivity contribution in [2.45, 2.75) is 32.0 Å². The molecular weight excluding hydrogens is 227 g/mol. The van der Waals surface area contributed by atoms with Crippen molar-refractivity contribution in [3.63, 3.8) is 0 Å². The highest BCUT2D eigenvalue weighted by molar-refractivity contribution is 5.83. The molecule has 1 aliphatic rings. The molecule has 1 aliphatic heterocycles. The summed E-state index contributed by atoms with van der Waals surface area (Å²) in [5.41, 5.74) is 0. The van der Waals surface area contributed by atoms with E-state index in [1.54, 1.807) is 0 Å². The number of piperidine rings is 1. The van der Waals surface area contributed by atoms with E-state index in [4.69, 9.17) is 5.11 Å². The van der Waals surface area contributed by atoms with Gasteiger partial charge in [0, 0.05) is 12.6 Å². The zero-order valence-electron chi connectivity index (χ0n) is 8.62. The zero-order valence-corrected chi connectivity index (χ0v) is 8.62. The van der Waals surface area contributed by atoms with Crippen molar-refractivity contribution in [2.24, 2.45) is 5.92 Å². The minimum Gasteiger partial charge on any atom is -0.481 e. The second kappa shape index (κ2) is 4.31. The lowest BCUT2D eigenvalue weighted by Crippen LogP contribution is -2.53. The number of likely N-dealkylation sites (tertiary alicyclic amines) is 1. The summed E-state index contributed by atoms with van der Waals surface area (Å²) >= 11 is 0. The Kier molecular flexibility index (Phi) is 3.44. The summed E-state index contributed by atoms with van der Waals surface area (Å²) in [7, 11) is 0. The van der Waals surface area contributed by atoms with Gasteiger partial charge in [0.25, 0.3) is 0 Å². The molecule has 1 fully saturated rings. The van der Waals surface area contributed by atoms with Gasteiger partial charge in [-0.05, 0) is 19.8 Å². The Bertz CT molecular complexity index is 303. The van der Waals surface area contributed by atoms with Crippen LogP contribution in [0.15, 0.2) is 0 Å². The summed E-state index contributed by atoms with van der Waals surface area (Å²) in [6.07, 6.45) is -4.35. The summed E-state index contributed by atoms with van der Waals surface area (Å²) < 4.78 is 36.6. The number of rotatable bonds is 1. The van der Waals surface area contributed by atoms with Gasteiger partial charge in [0.2, 0.25) is 0 Å². The Hall–Kier alpha value is -1.27. The van der Waals surface area contributed by atoms with E-state index in [0.29, 0.717) is 11.3 Å². The smallest absolute Gasteiger partial charge is 0.471 e. The lowest BCUT2D eigenvalue weighted by Gasteiger charge is -2.37. The predicted octanol–water partition coefficient (Wildman–Crippen LogP) is 1.26. The number of carbonyl (C=O) groups is 2. The lowest BCUT2D eigenvalue weighted by atomic mass is 9.90. The van der Waals surface area contributed by atoms with E-state index in [2.05, 4.69) is 0 Å². The normalized spacial score (nSPS) is 26.6. The first-order valence-corrected chi connectivity index (χ1v) is 4.85. The molecule has 4 nitrogen and oxygen atoms in total. The van der Waals surface area contributed by atoms with Gasteiger partial charge in [-0.1, -0.05) is 0 Å². The summed E-state index contributed by atoms with van der Waals surface area (Å²) in [4.78, 5) is 22.4. The molecule has 7 heteroatoms. The monoisotopic (exact) mass is 239 g/mol. The molecule has 92 valence electrons. The number of halogens is 3. The molecule has 0 bridgehead atoms. The van der Waals surface area contributed by atoms with E-state index in [0.717, 1.165) is 0 Å². The van der Waals surface area contributed by atoms with E-state index in [9.17, 15) is 22.8 Å². The fourth-order valence-corrected chi connectivity index (χ4v) is 1.92. The largest absolute Gasteiger partial charge is 0.481 e. The maximum atomic E-state index is 12.2. The van der Waals surface area contributed by atoms with Crippen molar-refractivity contribution in [1.82, 2.24) is 4.90 Å². The van der Waals surface area contributed by atoms with Crippen LogP contribution in [-0.4, -0.2) is 40.6 Å². The van der Waals surface area contributed by atoms with Crippen LogP contribution in [0.25, 0.3) is 0 Å². The molecule has 1 heterocycles. The molecule has 0 spiro atoms. The maximum Gasteiger partial charge on any atom is 0.471 e. The van der Waals surface area contributed by atoms with Crippen molar-refractivity contribution >= 4 is 11.9 Å². The van der Waals surface area contributed by atoms with Crippen molar-refractivity contribution in [1.29, 1.82) is 0 Å². The average molecular weight is 239 g/mol. The quantitative estimate of drug-likeness (QED) is 0.749. The number of hydrogen-bond acceptors (Lipinski definition) is 2. The van der Waals surface area contributed by atoms with Gasteiger partial charge in [0.1, 0.15) is 0 Å². The third kappa shape index (κ3) is 2.45. The molecule has 1 amide bonds. The predicted molar refractivity (Wildman–Crippen MR) is 47.6 cm³/mol. The first kappa shape index (κ1) is 12.8. The van der Waals surface area contributed by atoms with Gasteiger partial charge in [0.05, 0.1) is 5.92 Å². The molecule has 0 aliphatic carbocycles. The number of aliphatic carboxylic acids is 1. The molecule has 0 aromatic heterocycles. The molecule has 0 unspecified atom stereocenters. The van der Waals surface area contributed by atoms with Gasteiger partial charge in [0.15, 0.2) is 0 Å². The molecule has 0 aromatic rings. The SMILES string of the molecule is C[C@@H]1[C@@H](C(=O)O)CCCN1C(=O)C(F)(F)F. The van der Waals surface area contributed by atoms with Crippen molar-refractivity contribution in [3.05, 3.63) is 0 Å². The molecule has 0 saturated carbocycles. The number of nitrogens with zero attached hydrogens (tertiary/aromatic N) is 1. The zero-order chi connectivity index (χ0) is 12.5. The minimum absolute atomic E-state index is 0.0384. The van der Waals surface area contributed by atoms with Gasteiger partial charge in [-0.25, -0.2) is 0 Å². The number of amides is 1. The standard InChI is InChI=1S/C9H12F3NO3/c1-5-6(7(14)15)3-2-4-13(5)8(16)9(10,11)12/h5-6H,2-4H2,1H3,(H,14,15)/t5-,6+/m1/s1. The first-order valence-electron chi connectivity index (χ1n) is 4.85. The average Bonchev–Trinajstić information content (AvgIpc) is 2.15. The van der Waals surface area contributed by atoms with E-state index >= 15 is 0 Å². The topological polar surface area (TPSA) is 57.6 Å². The Morgan fingerprint density at radius 1 is 1.38 bits per heavy atom. The van der Waals surface area contributed by atoms with E-state index in [-0.39, 0.29) is 13.0 Å². The Balaban J connectivity index is 2.82. The molecule has 0 radical (unpaired) electrons.